The quantitative estimate of drug-likeness (QED) is 0.107. The summed E-state index contributed by atoms with van der Waals surface area (Å²) >= 11 is 0. The number of guanidine groups is 1. The van der Waals surface area contributed by atoms with Gasteiger partial charge in [-0.1, -0.05) is 49.6 Å². The number of amides is 2. The zero-order valence-corrected chi connectivity index (χ0v) is 17.6. The molecule has 10 nitrogen and oxygen atoms in total. The Morgan fingerprint density at radius 2 is 1.80 bits per heavy atom. The summed E-state index contributed by atoms with van der Waals surface area (Å²) in [6.45, 7) is 4.92. The lowest BCUT2D eigenvalue weighted by molar-refractivity contribution is -0.525. The van der Waals surface area contributed by atoms with Crippen LogP contribution in [-0.2, 0) is 16.0 Å². The van der Waals surface area contributed by atoms with E-state index in [1.54, 1.807) is 5.43 Å². The largest absolute Gasteiger partial charge is 0.354 e. The topological polar surface area (TPSA) is 149 Å². The SMILES string of the molecule is CC(C)CCNC(=O)[C@H](CCCNC(=N)N[N+](=O)[O-])NC(=O)CCc1ccccc1. The number of hydrogen-bond acceptors (Lipinski definition) is 5. The van der Waals surface area contributed by atoms with Crippen LogP contribution in [0.3, 0.4) is 0 Å². The summed E-state index contributed by atoms with van der Waals surface area (Å²) in [5, 5.41) is 25.0. The second-order valence-corrected chi connectivity index (χ2v) is 7.39. The number of carbonyl (C=O) groups is 2. The third-order valence-electron chi connectivity index (χ3n) is 4.33. The number of benzene rings is 1. The van der Waals surface area contributed by atoms with E-state index in [4.69, 9.17) is 5.41 Å². The highest BCUT2D eigenvalue weighted by molar-refractivity contribution is 5.87. The highest BCUT2D eigenvalue weighted by Gasteiger charge is 2.20. The predicted molar refractivity (Wildman–Crippen MR) is 114 cm³/mol. The third kappa shape index (κ3) is 11.6. The monoisotopic (exact) mass is 420 g/mol. The van der Waals surface area contributed by atoms with Gasteiger partial charge in [0.2, 0.25) is 11.8 Å². The smallest absolute Gasteiger partial charge is 0.251 e. The van der Waals surface area contributed by atoms with Gasteiger partial charge in [-0.3, -0.25) is 15.0 Å². The maximum atomic E-state index is 12.5. The normalized spacial score (nSPS) is 11.4. The van der Waals surface area contributed by atoms with E-state index in [1.165, 1.54) is 0 Å². The number of nitrogens with zero attached hydrogens (tertiary/aromatic N) is 1. The van der Waals surface area contributed by atoms with Gasteiger partial charge in [0.15, 0.2) is 5.03 Å². The molecule has 0 bridgehead atoms. The molecular formula is C20H32N6O4. The highest BCUT2D eigenvalue weighted by atomic mass is 16.7. The predicted octanol–water partition coefficient (Wildman–Crippen LogP) is 1.35. The molecule has 166 valence electrons. The van der Waals surface area contributed by atoms with Gasteiger partial charge in [-0.25, -0.2) is 10.1 Å². The van der Waals surface area contributed by atoms with Gasteiger partial charge in [-0.05, 0) is 37.2 Å². The Hall–Kier alpha value is -3.17. The van der Waals surface area contributed by atoms with E-state index in [0.717, 1.165) is 12.0 Å². The Kier molecular flexibility index (Phi) is 11.5. The van der Waals surface area contributed by atoms with Gasteiger partial charge in [0.25, 0.3) is 5.96 Å². The van der Waals surface area contributed by atoms with E-state index < -0.39 is 17.0 Å². The Morgan fingerprint density at radius 3 is 2.43 bits per heavy atom. The lowest BCUT2D eigenvalue weighted by Gasteiger charge is -2.19. The molecule has 1 atom stereocenters. The van der Waals surface area contributed by atoms with Crippen LogP contribution in [0, 0.1) is 21.4 Å². The summed E-state index contributed by atoms with van der Waals surface area (Å²) in [5.41, 5.74) is 2.75. The molecule has 0 heterocycles. The van der Waals surface area contributed by atoms with Crippen LogP contribution >= 0.6 is 0 Å². The fraction of sp³-hybridized carbons (Fsp3) is 0.550. The van der Waals surface area contributed by atoms with Crippen molar-refractivity contribution in [2.45, 2.75) is 52.0 Å². The third-order valence-corrected chi connectivity index (χ3v) is 4.33. The van der Waals surface area contributed by atoms with Crippen LogP contribution < -0.4 is 21.4 Å². The minimum absolute atomic E-state index is 0.210. The molecule has 10 heteroatoms. The lowest BCUT2D eigenvalue weighted by Crippen LogP contribution is -2.47. The summed E-state index contributed by atoms with van der Waals surface area (Å²) in [6.07, 6.45) is 2.49. The molecule has 0 spiro atoms. The van der Waals surface area contributed by atoms with Crippen molar-refractivity contribution in [3.05, 3.63) is 46.0 Å². The molecule has 1 aromatic rings. The average molecular weight is 421 g/mol. The molecule has 1 aromatic carbocycles. The molecule has 30 heavy (non-hydrogen) atoms. The van der Waals surface area contributed by atoms with Crippen molar-refractivity contribution in [1.82, 2.24) is 21.4 Å². The van der Waals surface area contributed by atoms with E-state index in [2.05, 4.69) is 29.8 Å². The van der Waals surface area contributed by atoms with E-state index in [0.29, 0.717) is 31.7 Å². The fourth-order valence-corrected chi connectivity index (χ4v) is 2.70. The van der Waals surface area contributed by atoms with Crippen molar-refractivity contribution >= 4 is 17.8 Å². The fourth-order valence-electron chi connectivity index (χ4n) is 2.70. The van der Waals surface area contributed by atoms with Crippen molar-refractivity contribution in [3.8, 4) is 0 Å². The molecule has 0 saturated carbocycles. The zero-order chi connectivity index (χ0) is 22.4. The van der Waals surface area contributed by atoms with Crippen molar-refractivity contribution in [3.63, 3.8) is 0 Å². The Morgan fingerprint density at radius 1 is 1.10 bits per heavy atom. The van der Waals surface area contributed by atoms with Gasteiger partial charge in [0.05, 0.1) is 0 Å². The number of carbonyl (C=O) groups excluding carboxylic acids is 2. The van der Waals surface area contributed by atoms with E-state index in [9.17, 15) is 19.7 Å². The molecule has 0 saturated heterocycles. The molecule has 2 amide bonds. The van der Waals surface area contributed by atoms with Crippen molar-refractivity contribution in [1.29, 1.82) is 5.41 Å². The van der Waals surface area contributed by atoms with Crippen molar-refractivity contribution in [2.75, 3.05) is 13.1 Å². The Bertz CT molecular complexity index is 696. The second kappa shape index (κ2) is 13.9. The number of aryl methyl sites for hydroxylation is 1. The van der Waals surface area contributed by atoms with Crippen LogP contribution in [0.15, 0.2) is 30.3 Å². The average Bonchev–Trinajstić information content (AvgIpc) is 2.68. The number of nitrogens with one attached hydrogen (secondary N) is 5. The Balaban J connectivity index is 2.51. The van der Waals surface area contributed by atoms with E-state index in [1.807, 2.05) is 30.3 Å². The lowest BCUT2D eigenvalue weighted by atomic mass is 10.1. The molecule has 0 aliphatic carbocycles. The van der Waals surface area contributed by atoms with Gasteiger partial charge in [0, 0.05) is 19.5 Å². The van der Waals surface area contributed by atoms with Crippen LogP contribution in [-0.4, -0.2) is 41.9 Å². The summed E-state index contributed by atoms with van der Waals surface area (Å²) in [5.74, 6) is -0.431. The summed E-state index contributed by atoms with van der Waals surface area (Å²) in [7, 11) is 0. The first-order valence-electron chi connectivity index (χ1n) is 10.1. The van der Waals surface area contributed by atoms with Crippen molar-refractivity contribution in [2.24, 2.45) is 5.92 Å². The van der Waals surface area contributed by atoms with Gasteiger partial charge >= 0.3 is 0 Å². The molecule has 0 aromatic heterocycles. The molecular weight excluding hydrogens is 388 g/mol. The molecule has 5 N–H and O–H groups in total. The van der Waals surface area contributed by atoms with Crippen LogP contribution in [0.5, 0.6) is 0 Å². The number of nitro groups is 1. The molecule has 0 aliphatic rings. The summed E-state index contributed by atoms with van der Waals surface area (Å²) < 4.78 is 0. The van der Waals surface area contributed by atoms with Crippen molar-refractivity contribution < 1.29 is 14.6 Å². The van der Waals surface area contributed by atoms with E-state index >= 15 is 0 Å². The van der Waals surface area contributed by atoms with Crippen LogP contribution in [0.4, 0.5) is 0 Å². The zero-order valence-electron chi connectivity index (χ0n) is 17.6. The molecule has 1 rings (SSSR count). The number of hydrazine groups is 1. The standard InChI is InChI=1S/C20H32N6O4/c1-15(2)12-14-22-19(28)17(9-6-13-23-20(21)25-26(29)30)24-18(27)11-10-16-7-4-3-5-8-16/h3-5,7-8,15,17H,6,9-14H2,1-2H3,(H,22,28)(H,24,27)(H3,21,23,25)/t17-/m0/s1. The number of hydrogen-bond donors (Lipinski definition) is 5. The molecule has 0 aliphatic heterocycles. The second-order valence-electron chi connectivity index (χ2n) is 7.39. The van der Waals surface area contributed by atoms with E-state index in [-0.39, 0.29) is 24.8 Å². The van der Waals surface area contributed by atoms with Crippen LogP contribution in [0.25, 0.3) is 0 Å². The molecule has 0 unspecified atom stereocenters. The minimum atomic E-state index is -0.826. The van der Waals surface area contributed by atoms with Gasteiger partial charge in [-0.2, -0.15) is 0 Å². The van der Waals surface area contributed by atoms with Crippen LogP contribution in [0.1, 0.15) is 45.1 Å². The minimum Gasteiger partial charge on any atom is -0.354 e. The van der Waals surface area contributed by atoms with Crippen LogP contribution in [0.2, 0.25) is 0 Å². The van der Waals surface area contributed by atoms with Gasteiger partial charge in [0.1, 0.15) is 6.04 Å². The first-order chi connectivity index (χ1) is 14.3. The maximum absolute atomic E-state index is 12.5. The maximum Gasteiger partial charge on any atom is 0.251 e. The van der Waals surface area contributed by atoms with Gasteiger partial charge in [-0.15, -0.1) is 0 Å². The highest BCUT2D eigenvalue weighted by Crippen LogP contribution is 2.04. The molecule has 0 fully saturated rings. The summed E-state index contributed by atoms with van der Waals surface area (Å²) in [4.78, 5) is 35.2. The summed E-state index contributed by atoms with van der Waals surface area (Å²) in [6, 6.07) is 8.94. The van der Waals surface area contributed by atoms with Gasteiger partial charge < -0.3 is 16.0 Å². The first-order valence-corrected chi connectivity index (χ1v) is 10.1. The number of rotatable bonds is 13. The molecule has 0 radical (unpaired) electrons. The first kappa shape index (κ1) is 24.9. The Labute approximate surface area is 176 Å².